The second kappa shape index (κ2) is 11.3. The quantitative estimate of drug-likeness (QED) is 0.383. The number of allylic oxidation sites excluding steroid dienone is 1. The molecular weight excluding hydrogens is 522 g/mol. The van der Waals surface area contributed by atoms with Gasteiger partial charge in [0.25, 0.3) is 0 Å². The van der Waals surface area contributed by atoms with Crippen LogP contribution in [0.4, 0.5) is 0 Å². The average Bonchev–Trinajstić information content (AvgIpc) is 3.23. The van der Waals surface area contributed by atoms with Gasteiger partial charge in [-0.05, 0) is 98.3 Å². The van der Waals surface area contributed by atoms with Gasteiger partial charge in [0.1, 0.15) is 11.4 Å². The number of hydrogen-bond acceptors (Lipinski definition) is 7. The van der Waals surface area contributed by atoms with Crippen molar-refractivity contribution in [3.8, 4) is 5.75 Å². The smallest absolute Gasteiger partial charge is 0.306 e. The monoisotopic (exact) mass is 565 g/mol. The number of amides is 1. The van der Waals surface area contributed by atoms with E-state index in [0.29, 0.717) is 37.6 Å². The number of carbonyl (C=O) groups is 4. The molecule has 0 saturated heterocycles. The van der Waals surface area contributed by atoms with Crippen LogP contribution in [0.1, 0.15) is 83.6 Å². The molecule has 1 amide bonds. The Labute approximate surface area is 241 Å². The number of ether oxygens (including phenoxy) is 1. The summed E-state index contributed by atoms with van der Waals surface area (Å²) in [6.07, 6.45) is 8.46. The van der Waals surface area contributed by atoms with Crippen LogP contribution >= 0.6 is 0 Å². The fraction of sp³-hybridized carbons (Fsp3) is 0.636. The summed E-state index contributed by atoms with van der Waals surface area (Å²) in [6.45, 7) is 4.27. The van der Waals surface area contributed by atoms with Crippen molar-refractivity contribution >= 4 is 23.4 Å². The average molecular weight is 566 g/mol. The molecule has 222 valence electrons. The van der Waals surface area contributed by atoms with E-state index >= 15 is 0 Å². The van der Waals surface area contributed by atoms with Crippen LogP contribution in [0.3, 0.4) is 0 Å². The number of phenols is 1. The van der Waals surface area contributed by atoms with Crippen molar-refractivity contribution < 1.29 is 34.1 Å². The number of aromatic hydroxyl groups is 1. The molecule has 3 saturated carbocycles. The first kappa shape index (κ1) is 29.5. The Kier molecular flexibility index (Phi) is 8.16. The zero-order chi connectivity index (χ0) is 29.4. The molecule has 41 heavy (non-hydrogen) atoms. The van der Waals surface area contributed by atoms with Crippen molar-refractivity contribution in [3.63, 3.8) is 0 Å². The maximum Gasteiger partial charge on any atom is 0.306 e. The normalized spacial score (nSPS) is 34.1. The summed E-state index contributed by atoms with van der Waals surface area (Å²) in [7, 11) is 0. The van der Waals surface area contributed by atoms with Gasteiger partial charge in [-0.2, -0.15) is 0 Å². The Hall–Kier alpha value is -3.00. The molecule has 4 aliphatic rings. The first-order valence-corrected chi connectivity index (χ1v) is 15.2. The number of nitrogens with one attached hydrogen (secondary N) is 1. The third-order valence-electron chi connectivity index (χ3n) is 11.2. The van der Waals surface area contributed by atoms with Gasteiger partial charge >= 0.3 is 5.97 Å². The Bertz CT molecular complexity index is 1240. The maximum absolute atomic E-state index is 13.4. The predicted molar refractivity (Wildman–Crippen MR) is 152 cm³/mol. The van der Waals surface area contributed by atoms with E-state index in [1.54, 1.807) is 24.3 Å². The van der Waals surface area contributed by atoms with Crippen molar-refractivity contribution in [1.29, 1.82) is 0 Å². The number of fused-ring (bicyclic) bond motifs is 5. The minimum absolute atomic E-state index is 0.0240. The van der Waals surface area contributed by atoms with Crippen molar-refractivity contribution in [1.82, 2.24) is 5.32 Å². The number of aliphatic hydroxyl groups is 1. The molecule has 0 aliphatic heterocycles. The largest absolute Gasteiger partial charge is 0.508 e. The standard InChI is InChI=1S/C33H43NO7/c1-31-15-11-24(36)19-22(31)5-8-25-26(31)12-16-32(2)27(25)13-17-33(32,40)28(37)20-41-30(39)10-9-29(38)34-18-14-21-3-6-23(35)7-4-21/h3-4,6-7,19,25-27,35,40H,5,8-18,20H2,1-2H3,(H,34,38)/t25-,26+,27-,31-,32-,33-/m0/s1. The molecule has 8 nitrogen and oxygen atoms in total. The van der Waals surface area contributed by atoms with Gasteiger partial charge in [0.15, 0.2) is 12.4 Å². The predicted octanol–water partition coefficient (Wildman–Crippen LogP) is 4.21. The second-order valence-corrected chi connectivity index (χ2v) is 13.2. The Morgan fingerprint density at radius 1 is 0.976 bits per heavy atom. The van der Waals surface area contributed by atoms with Gasteiger partial charge in [0, 0.05) is 24.8 Å². The molecule has 8 heteroatoms. The van der Waals surface area contributed by atoms with Crippen LogP contribution in [0, 0.1) is 28.6 Å². The lowest BCUT2D eigenvalue weighted by Gasteiger charge is -2.58. The summed E-state index contributed by atoms with van der Waals surface area (Å²) in [4.78, 5) is 50.0. The fourth-order valence-electron chi connectivity index (χ4n) is 8.68. The number of rotatable bonds is 9. The number of benzene rings is 1. The molecule has 1 aromatic carbocycles. The molecule has 1 aromatic rings. The first-order chi connectivity index (χ1) is 19.5. The highest BCUT2D eigenvalue weighted by Gasteiger charge is 2.66. The van der Waals surface area contributed by atoms with E-state index in [1.165, 1.54) is 5.57 Å². The zero-order valence-corrected chi connectivity index (χ0v) is 24.2. The molecule has 3 N–H and O–H groups in total. The molecule has 4 aliphatic carbocycles. The maximum atomic E-state index is 13.4. The first-order valence-electron chi connectivity index (χ1n) is 15.2. The van der Waals surface area contributed by atoms with Crippen LogP contribution < -0.4 is 5.32 Å². The van der Waals surface area contributed by atoms with Gasteiger partial charge in [0.05, 0.1) is 6.42 Å². The van der Waals surface area contributed by atoms with Gasteiger partial charge in [-0.25, -0.2) is 0 Å². The Morgan fingerprint density at radius 3 is 2.46 bits per heavy atom. The van der Waals surface area contributed by atoms with Gasteiger partial charge in [-0.1, -0.05) is 31.6 Å². The molecular formula is C33H43NO7. The summed E-state index contributed by atoms with van der Waals surface area (Å²) in [5.41, 5.74) is 0.183. The molecule has 0 bridgehead atoms. The van der Waals surface area contributed by atoms with Crippen LogP contribution in [0.2, 0.25) is 0 Å². The van der Waals surface area contributed by atoms with Crippen molar-refractivity contribution in [2.45, 2.75) is 90.1 Å². The van der Waals surface area contributed by atoms with Gasteiger partial charge in [-0.3, -0.25) is 19.2 Å². The summed E-state index contributed by atoms with van der Waals surface area (Å²) in [6, 6.07) is 6.74. The Balaban J connectivity index is 1.11. The van der Waals surface area contributed by atoms with Crippen molar-refractivity contribution in [2.24, 2.45) is 28.6 Å². The van der Waals surface area contributed by atoms with Crippen LogP contribution in [0.25, 0.3) is 0 Å². The van der Waals surface area contributed by atoms with Crippen LogP contribution in [0.5, 0.6) is 5.75 Å². The van der Waals surface area contributed by atoms with Crippen molar-refractivity contribution in [3.05, 3.63) is 41.5 Å². The molecule has 0 unspecified atom stereocenters. The van der Waals surface area contributed by atoms with Crippen molar-refractivity contribution in [2.75, 3.05) is 13.2 Å². The highest BCUT2D eigenvalue weighted by atomic mass is 16.5. The van der Waals surface area contributed by atoms with Crippen LogP contribution in [-0.2, 0) is 30.3 Å². The number of esters is 1. The molecule has 6 atom stereocenters. The Morgan fingerprint density at radius 2 is 1.71 bits per heavy atom. The number of Topliss-reactive ketones (excluding diaryl/α,β-unsaturated/α-hetero) is 1. The zero-order valence-electron chi connectivity index (χ0n) is 24.2. The lowest BCUT2D eigenvalue weighted by molar-refractivity contribution is -0.170. The van der Waals surface area contributed by atoms with Gasteiger partial charge in [0.2, 0.25) is 11.7 Å². The van der Waals surface area contributed by atoms with E-state index < -0.39 is 29.4 Å². The molecule has 0 heterocycles. The third-order valence-corrected chi connectivity index (χ3v) is 11.2. The summed E-state index contributed by atoms with van der Waals surface area (Å²) >= 11 is 0. The number of carbonyl (C=O) groups excluding carboxylic acids is 4. The molecule has 3 fully saturated rings. The van der Waals surface area contributed by atoms with E-state index in [1.807, 2.05) is 13.0 Å². The van der Waals surface area contributed by atoms with Gasteiger partial charge in [-0.15, -0.1) is 0 Å². The van der Waals surface area contributed by atoms with E-state index in [4.69, 9.17) is 4.74 Å². The minimum atomic E-state index is -1.53. The molecule has 0 radical (unpaired) electrons. The van der Waals surface area contributed by atoms with E-state index in [0.717, 1.165) is 44.1 Å². The van der Waals surface area contributed by atoms with E-state index in [9.17, 15) is 29.4 Å². The highest BCUT2D eigenvalue weighted by Crippen LogP contribution is 2.67. The third kappa shape index (κ3) is 5.47. The SMILES string of the molecule is C[C@]12CCC(=O)C=C1CC[C@H]1[C@H]2CC[C@@]2(C)[C@H]1CC[C@]2(O)C(=O)COC(=O)CCC(=O)NCCc1ccc(O)cc1. The van der Waals surface area contributed by atoms with E-state index in [-0.39, 0.29) is 41.6 Å². The molecule has 0 aromatic heterocycles. The summed E-state index contributed by atoms with van der Waals surface area (Å²) in [5, 5.41) is 23.9. The lowest BCUT2D eigenvalue weighted by atomic mass is 9.46. The number of phenolic OH excluding ortho intramolecular Hbond substituents is 1. The summed E-state index contributed by atoms with van der Waals surface area (Å²) in [5.74, 6) is 0.131. The number of ketones is 2. The number of hydrogen-bond donors (Lipinski definition) is 3. The van der Waals surface area contributed by atoms with Gasteiger partial charge < -0.3 is 20.3 Å². The lowest BCUT2D eigenvalue weighted by Crippen LogP contribution is -2.58. The topological polar surface area (TPSA) is 130 Å². The second-order valence-electron chi connectivity index (χ2n) is 13.2. The fourth-order valence-corrected chi connectivity index (χ4v) is 8.68. The van der Waals surface area contributed by atoms with Crippen LogP contribution in [0.15, 0.2) is 35.9 Å². The van der Waals surface area contributed by atoms with Crippen LogP contribution in [-0.4, -0.2) is 52.4 Å². The molecule has 5 rings (SSSR count). The highest BCUT2D eigenvalue weighted by molar-refractivity contribution is 5.92. The molecule has 0 spiro atoms. The minimum Gasteiger partial charge on any atom is -0.508 e. The van der Waals surface area contributed by atoms with E-state index in [2.05, 4.69) is 12.2 Å². The summed E-state index contributed by atoms with van der Waals surface area (Å²) < 4.78 is 5.25.